The van der Waals surface area contributed by atoms with Crippen molar-refractivity contribution < 1.29 is 22.4 Å². The number of aromatic nitrogens is 2. The molecule has 0 saturated heterocycles. The Bertz CT molecular complexity index is 1300. The van der Waals surface area contributed by atoms with Gasteiger partial charge in [-0.1, -0.05) is 62.3 Å². The summed E-state index contributed by atoms with van der Waals surface area (Å²) in [5, 5.41) is 0.569. The van der Waals surface area contributed by atoms with E-state index in [2.05, 4.69) is 0 Å². The van der Waals surface area contributed by atoms with Crippen molar-refractivity contribution in [1.29, 1.82) is 0 Å². The van der Waals surface area contributed by atoms with E-state index in [-0.39, 0.29) is 6.42 Å². The van der Waals surface area contributed by atoms with E-state index in [9.17, 15) is 22.4 Å². The fourth-order valence-electron chi connectivity index (χ4n) is 5.65. The molecular weight excluding hydrogens is 530 g/mol. The maximum Gasteiger partial charge on any atom is 0.417 e. The van der Waals surface area contributed by atoms with Crippen molar-refractivity contribution in [1.82, 2.24) is 9.97 Å². The van der Waals surface area contributed by atoms with Crippen molar-refractivity contribution in [3.8, 4) is 0 Å². The van der Waals surface area contributed by atoms with Gasteiger partial charge in [0.2, 0.25) is 0 Å². The molecule has 2 aromatic carbocycles. The van der Waals surface area contributed by atoms with E-state index in [1.54, 1.807) is 0 Å². The van der Waals surface area contributed by atoms with Crippen LogP contribution in [0.1, 0.15) is 79.5 Å². The van der Waals surface area contributed by atoms with Crippen LogP contribution >= 0.6 is 11.6 Å². The number of halogens is 5. The van der Waals surface area contributed by atoms with Gasteiger partial charge < -0.3 is 4.90 Å². The standard InChI is InChI=1S/C30H34ClF4N3O/c1-38(2)29-21-9-3-4-10-24(21)36-26(37-29)12-6-8-20-15-13-19(14-16-20)7-5-11-25(39)27-22(30(33,34)35)17-18-23(31)28(27)32/h3-4,9-10,17-20H,5-8,11-16H2,1-2H3. The summed E-state index contributed by atoms with van der Waals surface area (Å²) in [6.07, 6.45) is 3.46. The second kappa shape index (κ2) is 12.6. The Morgan fingerprint density at radius 1 is 0.974 bits per heavy atom. The summed E-state index contributed by atoms with van der Waals surface area (Å²) >= 11 is 5.66. The first kappa shape index (κ1) is 29.2. The molecule has 39 heavy (non-hydrogen) atoms. The average Bonchev–Trinajstić information content (AvgIpc) is 2.89. The molecule has 9 heteroatoms. The number of nitrogens with zero attached hydrogens (tertiary/aromatic N) is 3. The summed E-state index contributed by atoms with van der Waals surface area (Å²) in [6.45, 7) is 0. The zero-order valence-corrected chi connectivity index (χ0v) is 23.1. The number of hydrogen-bond acceptors (Lipinski definition) is 4. The molecule has 1 aliphatic carbocycles. The Hall–Kier alpha value is -2.74. The Morgan fingerprint density at radius 3 is 2.26 bits per heavy atom. The van der Waals surface area contributed by atoms with Crippen molar-refractivity contribution in [3.05, 3.63) is 64.2 Å². The molecule has 1 aromatic heterocycles. The van der Waals surface area contributed by atoms with E-state index in [1.807, 2.05) is 43.3 Å². The van der Waals surface area contributed by atoms with Crippen LogP contribution in [-0.4, -0.2) is 29.8 Å². The second-order valence-corrected chi connectivity index (χ2v) is 11.2. The van der Waals surface area contributed by atoms with Crippen molar-refractivity contribution in [3.63, 3.8) is 0 Å². The first-order chi connectivity index (χ1) is 18.5. The van der Waals surface area contributed by atoms with Gasteiger partial charge in [-0.05, 0) is 48.9 Å². The van der Waals surface area contributed by atoms with Crippen LogP contribution < -0.4 is 4.90 Å². The Morgan fingerprint density at radius 2 is 1.62 bits per heavy atom. The largest absolute Gasteiger partial charge is 0.417 e. The quantitative estimate of drug-likeness (QED) is 0.183. The van der Waals surface area contributed by atoms with Crippen molar-refractivity contribution in [2.24, 2.45) is 11.8 Å². The molecule has 0 aliphatic heterocycles. The number of carbonyl (C=O) groups excluding carboxylic acids is 1. The molecule has 1 aliphatic rings. The maximum atomic E-state index is 14.3. The highest BCUT2D eigenvalue weighted by Gasteiger charge is 2.37. The summed E-state index contributed by atoms with van der Waals surface area (Å²) in [6, 6.07) is 9.55. The lowest BCUT2D eigenvalue weighted by Gasteiger charge is -2.28. The number of Topliss-reactive ketones (excluding diaryl/α,β-unsaturated/α-hetero) is 1. The summed E-state index contributed by atoms with van der Waals surface area (Å²) in [5.74, 6) is 0.731. The number of hydrogen-bond donors (Lipinski definition) is 0. The summed E-state index contributed by atoms with van der Waals surface area (Å²) < 4.78 is 54.2. The van der Waals surface area contributed by atoms with Crippen LogP contribution in [0.15, 0.2) is 36.4 Å². The molecular formula is C30H34ClF4N3O. The molecule has 0 unspecified atom stereocenters. The highest BCUT2D eigenvalue weighted by molar-refractivity contribution is 6.31. The Kier molecular flexibility index (Phi) is 9.47. The Labute approximate surface area is 231 Å². The van der Waals surface area contributed by atoms with Gasteiger partial charge in [0.25, 0.3) is 0 Å². The van der Waals surface area contributed by atoms with Gasteiger partial charge in [-0.25, -0.2) is 14.4 Å². The lowest BCUT2D eigenvalue weighted by atomic mass is 9.78. The minimum atomic E-state index is -4.82. The third kappa shape index (κ3) is 7.27. The highest BCUT2D eigenvalue weighted by Crippen LogP contribution is 2.37. The van der Waals surface area contributed by atoms with Crippen LogP contribution in [0.25, 0.3) is 10.9 Å². The van der Waals surface area contributed by atoms with Crippen LogP contribution in [-0.2, 0) is 12.6 Å². The number of ketones is 1. The van der Waals surface area contributed by atoms with E-state index in [4.69, 9.17) is 21.6 Å². The molecule has 210 valence electrons. The first-order valence-electron chi connectivity index (χ1n) is 13.6. The van der Waals surface area contributed by atoms with Crippen molar-refractivity contribution in [2.45, 2.75) is 70.4 Å². The number of para-hydroxylation sites is 1. The molecule has 0 N–H and O–H groups in total. The molecule has 4 rings (SSSR count). The topological polar surface area (TPSA) is 46.1 Å². The number of benzene rings is 2. The van der Waals surface area contributed by atoms with Gasteiger partial charge in [0.05, 0.1) is 21.7 Å². The van der Waals surface area contributed by atoms with Crippen molar-refractivity contribution in [2.75, 3.05) is 19.0 Å². The van der Waals surface area contributed by atoms with Gasteiger partial charge in [-0.2, -0.15) is 13.2 Å². The number of anilines is 1. The normalized spacial score (nSPS) is 17.9. The van der Waals surface area contributed by atoms with Gasteiger partial charge in [-0.15, -0.1) is 0 Å². The third-order valence-electron chi connectivity index (χ3n) is 7.73. The molecule has 0 amide bonds. The van der Waals surface area contributed by atoms with Crippen LogP contribution in [0.3, 0.4) is 0 Å². The smallest absolute Gasteiger partial charge is 0.362 e. The molecule has 0 spiro atoms. The number of fused-ring (bicyclic) bond motifs is 1. The van der Waals surface area contributed by atoms with Gasteiger partial charge in [-0.3, -0.25) is 4.79 Å². The van der Waals surface area contributed by atoms with E-state index in [0.717, 1.165) is 80.0 Å². The molecule has 1 saturated carbocycles. The minimum absolute atomic E-state index is 0.124. The van der Waals surface area contributed by atoms with Gasteiger partial charge >= 0.3 is 6.18 Å². The predicted octanol–water partition coefficient (Wildman–Crippen LogP) is 8.69. The highest BCUT2D eigenvalue weighted by atomic mass is 35.5. The van der Waals surface area contributed by atoms with Crippen LogP contribution in [0, 0.1) is 17.7 Å². The predicted molar refractivity (Wildman–Crippen MR) is 147 cm³/mol. The van der Waals surface area contributed by atoms with Crippen LogP contribution in [0.5, 0.6) is 0 Å². The zero-order chi connectivity index (χ0) is 28.2. The molecule has 1 fully saturated rings. The van der Waals surface area contributed by atoms with Crippen LogP contribution in [0.4, 0.5) is 23.4 Å². The molecule has 0 radical (unpaired) electrons. The lowest BCUT2D eigenvalue weighted by Crippen LogP contribution is -2.17. The molecule has 4 nitrogen and oxygen atoms in total. The second-order valence-electron chi connectivity index (χ2n) is 10.8. The number of aryl methyl sites for hydroxylation is 1. The van der Waals surface area contributed by atoms with Gasteiger partial charge in [0.15, 0.2) is 11.6 Å². The van der Waals surface area contributed by atoms with E-state index < -0.39 is 33.9 Å². The van der Waals surface area contributed by atoms with E-state index >= 15 is 0 Å². The molecule has 0 bridgehead atoms. The average molecular weight is 564 g/mol. The van der Waals surface area contributed by atoms with E-state index in [1.165, 1.54) is 0 Å². The molecule has 0 atom stereocenters. The zero-order valence-electron chi connectivity index (χ0n) is 22.3. The fourth-order valence-corrected chi connectivity index (χ4v) is 5.81. The third-order valence-corrected chi connectivity index (χ3v) is 8.02. The Balaban J connectivity index is 1.22. The summed E-state index contributed by atoms with van der Waals surface area (Å²) in [7, 11) is 3.98. The van der Waals surface area contributed by atoms with Crippen LogP contribution in [0.2, 0.25) is 5.02 Å². The SMILES string of the molecule is CN(C)c1nc(CCCC2CCC(CCCC(=O)c3c(C(F)(F)F)ccc(Cl)c3F)CC2)nc2ccccc12. The number of carbonyl (C=O) groups is 1. The lowest BCUT2D eigenvalue weighted by molar-refractivity contribution is -0.138. The fraction of sp³-hybridized carbons (Fsp3) is 0.500. The van der Waals surface area contributed by atoms with E-state index in [0.29, 0.717) is 24.3 Å². The molecule has 3 aromatic rings. The van der Waals surface area contributed by atoms with Gasteiger partial charge in [0, 0.05) is 32.3 Å². The minimum Gasteiger partial charge on any atom is -0.362 e. The maximum absolute atomic E-state index is 14.3. The van der Waals surface area contributed by atoms with Crippen molar-refractivity contribution >= 4 is 34.1 Å². The number of rotatable bonds is 10. The monoisotopic (exact) mass is 563 g/mol. The first-order valence-corrected chi connectivity index (χ1v) is 13.9. The number of alkyl halides is 3. The molecule has 1 heterocycles. The summed E-state index contributed by atoms with van der Waals surface area (Å²) in [4.78, 5) is 24.1. The van der Waals surface area contributed by atoms with Gasteiger partial charge in [0.1, 0.15) is 11.6 Å². The summed E-state index contributed by atoms with van der Waals surface area (Å²) in [5.41, 5.74) is -1.24.